The predicted octanol–water partition coefficient (Wildman–Crippen LogP) is 5.73. The maximum absolute atomic E-state index is 13.3. The minimum absolute atomic E-state index is 0.126. The maximum atomic E-state index is 13.3. The van der Waals surface area contributed by atoms with Gasteiger partial charge in [0.2, 0.25) is 0 Å². The summed E-state index contributed by atoms with van der Waals surface area (Å²) in [6.45, 7) is -0.602. The number of nitrogens with zero attached hydrogens (tertiary/aromatic N) is 1. The Morgan fingerprint density at radius 2 is 1.66 bits per heavy atom. The molecule has 0 radical (unpaired) electrons. The number of hydrogen-bond donors (Lipinski definition) is 1. The molecule has 0 aliphatic rings. The lowest BCUT2D eigenvalue weighted by Gasteiger charge is -2.11. The topological polar surface area (TPSA) is 79.2 Å². The van der Waals surface area contributed by atoms with Gasteiger partial charge in [-0.1, -0.05) is 47.5 Å². The van der Waals surface area contributed by atoms with Crippen LogP contribution in [0.3, 0.4) is 0 Å². The van der Waals surface area contributed by atoms with Crippen LogP contribution in [0.1, 0.15) is 16.7 Å². The van der Waals surface area contributed by atoms with E-state index in [4.69, 9.17) is 33.2 Å². The van der Waals surface area contributed by atoms with Crippen LogP contribution in [0.5, 0.6) is 0 Å². The molecular weight excluding hydrogens is 454 g/mol. The summed E-state index contributed by atoms with van der Waals surface area (Å²) in [6, 6.07) is 18.4. The molecule has 160 valence electrons. The zero-order valence-corrected chi connectivity index (χ0v) is 18.0. The highest BCUT2D eigenvalue weighted by atomic mass is 35.5. The Bertz CT molecular complexity index is 1220. The minimum Gasteiger partial charge on any atom is -0.452 e. The van der Waals surface area contributed by atoms with Gasteiger partial charge in [0.05, 0.1) is 16.8 Å². The number of carbonyl (C=O) groups excluding carboxylic acids is 2. The molecule has 0 atom stereocenters. The molecule has 0 unspecified atom stereocenters. The smallest absolute Gasteiger partial charge is 0.339 e. The van der Waals surface area contributed by atoms with E-state index in [0.717, 1.165) is 0 Å². The van der Waals surface area contributed by atoms with Crippen molar-refractivity contribution in [1.29, 1.82) is 5.26 Å². The molecular formula is C24H15Cl2FN2O3. The first kappa shape index (κ1) is 23.0. The van der Waals surface area contributed by atoms with E-state index < -0.39 is 24.3 Å². The fourth-order valence-corrected chi connectivity index (χ4v) is 3.03. The predicted molar refractivity (Wildman–Crippen MR) is 121 cm³/mol. The van der Waals surface area contributed by atoms with E-state index in [1.165, 1.54) is 42.5 Å². The third kappa shape index (κ3) is 6.17. The van der Waals surface area contributed by atoms with Gasteiger partial charge in [-0.15, -0.1) is 0 Å². The number of amides is 1. The number of benzene rings is 3. The summed E-state index contributed by atoms with van der Waals surface area (Å²) in [6.07, 6.45) is 1.55. The van der Waals surface area contributed by atoms with Gasteiger partial charge < -0.3 is 10.1 Å². The van der Waals surface area contributed by atoms with Gasteiger partial charge in [0, 0.05) is 10.0 Å². The maximum Gasteiger partial charge on any atom is 0.339 e. The number of nitrogens with one attached hydrogen (secondary N) is 1. The summed E-state index contributed by atoms with van der Waals surface area (Å²) in [7, 11) is 0. The van der Waals surface area contributed by atoms with E-state index in [1.54, 1.807) is 30.3 Å². The quantitative estimate of drug-likeness (QED) is 0.284. The number of anilines is 1. The van der Waals surface area contributed by atoms with Crippen LogP contribution in [0, 0.1) is 17.1 Å². The molecule has 0 saturated carbocycles. The molecule has 0 spiro atoms. The molecule has 3 aromatic rings. The van der Waals surface area contributed by atoms with Crippen LogP contribution in [0.15, 0.2) is 66.7 Å². The van der Waals surface area contributed by atoms with E-state index in [1.807, 2.05) is 6.07 Å². The average molecular weight is 469 g/mol. The van der Waals surface area contributed by atoms with E-state index >= 15 is 0 Å². The van der Waals surface area contributed by atoms with Gasteiger partial charge in [0.25, 0.3) is 5.91 Å². The monoisotopic (exact) mass is 468 g/mol. The van der Waals surface area contributed by atoms with E-state index in [-0.39, 0.29) is 16.8 Å². The summed E-state index contributed by atoms with van der Waals surface area (Å²) in [5, 5.41) is 12.5. The second-order valence-corrected chi connectivity index (χ2v) is 7.42. The Morgan fingerprint density at radius 3 is 2.31 bits per heavy atom. The van der Waals surface area contributed by atoms with E-state index in [0.29, 0.717) is 21.2 Å². The molecule has 0 bridgehead atoms. The van der Waals surface area contributed by atoms with Crippen LogP contribution in [0.4, 0.5) is 10.1 Å². The lowest BCUT2D eigenvalue weighted by Crippen LogP contribution is -2.21. The van der Waals surface area contributed by atoms with Crippen LogP contribution in [-0.2, 0) is 14.3 Å². The number of esters is 1. The summed E-state index contributed by atoms with van der Waals surface area (Å²) in [5.74, 6) is -1.89. The molecule has 0 aromatic heterocycles. The Hall–Kier alpha value is -3.66. The highest BCUT2D eigenvalue weighted by molar-refractivity contribution is 6.31. The van der Waals surface area contributed by atoms with Crippen LogP contribution in [-0.4, -0.2) is 18.5 Å². The zero-order valence-electron chi connectivity index (χ0n) is 16.4. The number of halogens is 3. The van der Waals surface area contributed by atoms with Crippen molar-refractivity contribution in [1.82, 2.24) is 0 Å². The highest BCUT2D eigenvalue weighted by Gasteiger charge is 2.17. The molecule has 0 heterocycles. The summed E-state index contributed by atoms with van der Waals surface area (Å²) < 4.78 is 18.5. The molecule has 0 aliphatic carbocycles. The largest absolute Gasteiger partial charge is 0.452 e. The summed E-state index contributed by atoms with van der Waals surface area (Å²) in [5.41, 5.74) is 1.61. The molecule has 32 heavy (non-hydrogen) atoms. The first-order valence-electron chi connectivity index (χ1n) is 9.25. The van der Waals surface area contributed by atoms with Crippen molar-refractivity contribution in [2.75, 3.05) is 11.9 Å². The summed E-state index contributed by atoms with van der Waals surface area (Å²) in [4.78, 5) is 25.0. The van der Waals surface area contributed by atoms with Crippen molar-refractivity contribution in [3.8, 4) is 6.07 Å². The van der Waals surface area contributed by atoms with Crippen molar-refractivity contribution in [3.05, 3.63) is 99.3 Å². The second-order valence-electron chi connectivity index (χ2n) is 6.54. The van der Waals surface area contributed by atoms with Gasteiger partial charge in [-0.25, -0.2) is 9.18 Å². The van der Waals surface area contributed by atoms with Gasteiger partial charge in [-0.3, -0.25) is 4.79 Å². The molecule has 8 heteroatoms. The number of nitriles is 1. The number of hydrogen-bond acceptors (Lipinski definition) is 4. The molecule has 0 aliphatic heterocycles. The van der Waals surface area contributed by atoms with Gasteiger partial charge in [-0.2, -0.15) is 5.26 Å². The number of rotatable bonds is 6. The Labute approximate surface area is 193 Å². The molecule has 1 N–H and O–H groups in total. The van der Waals surface area contributed by atoms with E-state index in [2.05, 4.69) is 5.32 Å². The molecule has 3 rings (SSSR count). The molecule has 5 nitrogen and oxygen atoms in total. The fraction of sp³-hybridized carbons (Fsp3) is 0.0417. The fourth-order valence-electron chi connectivity index (χ4n) is 2.73. The van der Waals surface area contributed by atoms with Gasteiger partial charge >= 0.3 is 5.97 Å². The Kier molecular flexibility index (Phi) is 7.61. The first-order chi connectivity index (χ1) is 15.4. The van der Waals surface area contributed by atoms with Crippen LogP contribution in [0.2, 0.25) is 10.0 Å². The Morgan fingerprint density at radius 1 is 1.00 bits per heavy atom. The van der Waals surface area contributed by atoms with Crippen LogP contribution in [0.25, 0.3) is 11.6 Å². The zero-order chi connectivity index (χ0) is 23.1. The van der Waals surface area contributed by atoms with Crippen molar-refractivity contribution in [3.63, 3.8) is 0 Å². The highest BCUT2D eigenvalue weighted by Crippen LogP contribution is 2.23. The van der Waals surface area contributed by atoms with Gasteiger partial charge in [0.1, 0.15) is 11.9 Å². The van der Waals surface area contributed by atoms with Gasteiger partial charge in [0.15, 0.2) is 6.61 Å². The van der Waals surface area contributed by atoms with Crippen molar-refractivity contribution in [2.45, 2.75) is 0 Å². The van der Waals surface area contributed by atoms with Crippen LogP contribution < -0.4 is 5.32 Å². The average Bonchev–Trinajstić information content (AvgIpc) is 2.78. The molecule has 0 saturated heterocycles. The third-order valence-corrected chi connectivity index (χ3v) is 4.75. The molecule has 0 fully saturated rings. The first-order valence-corrected chi connectivity index (χ1v) is 10.0. The van der Waals surface area contributed by atoms with Crippen molar-refractivity contribution < 1.29 is 18.7 Å². The molecule has 1 amide bonds. The van der Waals surface area contributed by atoms with Crippen LogP contribution >= 0.6 is 23.2 Å². The normalized spacial score (nSPS) is 10.9. The number of ether oxygens (including phenoxy) is 1. The van der Waals surface area contributed by atoms with Crippen molar-refractivity contribution in [2.24, 2.45) is 0 Å². The lowest BCUT2D eigenvalue weighted by molar-refractivity contribution is -0.141. The second kappa shape index (κ2) is 10.6. The van der Waals surface area contributed by atoms with Crippen molar-refractivity contribution >= 4 is 52.4 Å². The third-order valence-electron chi connectivity index (χ3n) is 4.27. The standard InChI is InChI=1S/C24H15Cl2FN2O3/c25-18-6-1-15(2-7-18)11-21(16-4-9-20(27)10-5-16)24(31)32-14-23(30)29-22-12-19(26)8-3-17(22)13-28/h1-12H,14H2,(H,29,30). The lowest BCUT2D eigenvalue weighted by atomic mass is 10.0. The van der Waals surface area contributed by atoms with E-state index in [9.17, 15) is 14.0 Å². The molecule has 3 aromatic carbocycles. The minimum atomic E-state index is -0.784. The summed E-state index contributed by atoms with van der Waals surface area (Å²) >= 11 is 11.8. The Balaban J connectivity index is 1.77. The SMILES string of the molecule is N#Cc1ccc(Cl)cc1NC(=O)COC(=O)C(=Cc1ccc(Cl)cc1)c1ccc(F)cc1. The number of carbonyl (C=O) groups is 2. The van der Waals surface area contributed by atoms with Gasteiger partial charge in [-0.05, 0) is 59.7 Å².